The van der Waals surface area contributed by atoms with Gasteiger partial charge in [-0.3, -0.25) is 9.69 Å². The highest BCUT2D eigenvalue weighted by atomic mass is 32.2. The Kier molecular flexibility index (Phi) is 5.39. The van der Waals surface area contributed by atoms with E-state index < -0.39 is 0 Å². The van der Waals surface area contributed by atoms with E-state index in [1.807, 2.05) is 34.9 Å². The number of likely N-dealkylation sites (tertiary alicyclic amines) is 1. The summed E-state index contributed by atoms with van der Waals surface area (Å²) in [6.45, 7) is 4.34. The summed E-state index contributed by atoms with van der Waals surface area (Å²) in [5.74, 6) is 2.95. The Balaban J connectivity index is 1.80. The van der Waals surface area contributed by atoms with Crippen molar-refractivity contribution in [2.45, 2.75) is 12.5 Å². The van der Waals surface area contributed by atoms with Gasteiger partial charge in [-0.05, 0) is 24.4 Å². The normalized spacial score (nSPS) is 24.4. The van der Waals surface area contributed by atoms with Crippen molar-refractivity contribution in [1.82, 2.24) is 9.80 Å². The number of hydrogen-bond acceptors (Lipinski definition) is 4. The van der Waals surface area contributed by atoms with Crippen molar-refractivity contribution in [1.29, 1.82) is 0 Å². The fraction of sp³-hybridized carbons (Fsp3) is 0.588. The zero-order valence-electron chi connectivity index (χ0n) is 13.0. The number of amides is 1. The number of hydrogen-bond donors (Lipinski definition) is 1. The van der Waals surface area contributed by atoms with Gasteiger partial charge in [-0.15, -0.1) is 0 Å². The van der Waals surface area contributed by atoms with Crippen LogP contribution in [0.5, 0.6) is 0 Å². The Bertz CT molecular complexity index is 490. The number of nitrogens with two attached hydrogens (primary N) is 1. The average Bonchev–Trinajstić information content (AvgIpc) is 3.06. The third-order valence-electron chi connectivity index (χ3n) is 4.69. The van der Waals surface area contributed by atoms with E-state index in [1.54, 1.807) is 0 Å². The Morgan fingerprint density at radius 2 is 1.95 bits per heavy atom. The van der Waals surface area contributed by atoms with Gasteiger partial charge in [0.15, 0.2) is 0 Å². The number of carbonyl (C=O) groups is 1. The molecule has 2 N–H and O–H groups in total. The van der Waals surface area contributed by atoms with Crippen LogP contribution in [0, 0.1) is 5.92 Å². The van der Waals surface area contributed by atoms with Crippen LogP contribution in [0.15, 0.2) is 30.3 Å². The lowest BCUT2D eigenvalue weighted by Gasteiger charge is -2.35. The quantitative estimate of drug-likeness (QED) is 0.915. The predicted molar refractivity (Wildman–Crippen MR) is 91.8 cm³/mol. The minimum atomic E-state index is -0.126. The highest BCUT2D eigenvalue weighted by Crippen LogP contribution is 2.28. The van der Waals surface area contributed by atoms with Crippen molar-refractivity contribution in [3.8, 4) is 0 Å². The first-order valence-electron chi connectivity index (χ1n) is 8.15. The van der Waals surface area contributed by atoms with E-state index >= 15 is 0 Å². The molecule has 22 heavy (non-hydrogen) atoms. The fourth-order valence-electron chi connectivity index (χ4n) is 3.38. The van der Waals surface area contributed by atoms with Crippen molar-refractivity contribution < 1.29 is 4.79 Å². The molecule has 0 aromatic heterocycles. The topological polar surface area (TPSA) is 49.6 Å². The largest absolute Gasteiger partial charge is 0.341 e. The maximum Gasteiger partial charge on any atom is 0.244 e. The van der Waals surface area contributed by atoms with E-state index in [4.69, 9.17) is 5.73 Å². The van der Waals surface area contributed by atoms with E-state index in [1.165, 1.54) is 0 Å². The van der Waals surface area contributed by atoms with Crippen molar-refractivity contribution in [2.24, 2.45) is 11.7 Å². The highest BCUT2D eigenvalue weighted by molar-refractivity contribution is 7.99. The zero-order valence-corrected chi connectivity index (χ0v) is 13.8. The van der Waals surface area contributed by atoms with Crippen molar-refractivity contribution in [2.75, 3.05) is 44.2 Å². The zero-order chi connectivity index (χ0) is 15.4. The Labute approximate surface area is 137 Å². The lowest BCUT2D eigenvalue weighted by atomic mass is 10.0. The Hall–Kier alpha value is -1.04. The second-order valence-corrected chi connectivity index (χ2v) is 7.36. The molecule has 0 radical (unpaired) electrons. The summed E-state index contributed by atoms with van der Waals surface area (Å²) in [5, 5.41) is 0. The second-order valence-electron chi connectivity index (χ2n) is 6.14. The van der Waals surface area contributed by atoms with Gasteiger partial charge in [0.25, 0.3) is 0 Å². The van der Waals surface area contributed by atoms with Crippen LogP contribution in [0.3, 0.4) is 0 Å². The molecule has 2 fully saturated rings. The van der Waals surface area contributed by atoms with E-state index in [9.17, 15) is 4.79 Å². The van der Waals surface area contributed by atoms with E-state index in [2.05, 4.69) is 17.0 Å². The molecule has 120 valence electrons. The summed E-state index contributed by atoms with van der Waals surface area (Å²) < 4.78 is 0. The third-order valence-corrected chi connectivity index (χ3v) is 5.63. The number of nitrogens with zero attached hydrogens (tertiary/aromatic N) is 2. The first-order chi connectivity index (χ1) is 10.8. The van der Waals surface area contributed by atoms with E-state index in [0.29, 0.717) is 12.5 Å². The van der Waals surface area contributed by atoms with Gasteiger partial charge in [-0.2, -0.15) is 11.8 Å². The van der Waals surface area contributed by atoms with Crippen LogP contribution in [-0.2, 0) is 4.79 Å². The summed E-state index contributed by atoms with van der Waals surface area (Å²) >= 11 is 1.98. The van der Waals surface area contributed by atoms with Crippen LogP contribution in [0.25, 0.3) is 0 Å². The van der Waals surface area contributed by atoms with Gasteiger partial charge in [0.2, 0.25) is 5.91 Å². The fourth-order valence-corrected chi connectivity index (χ4v) is 4.31. The molecule has 1 aromatic rings. The number of rotatable bonds is 4. The molecule has 2 atom stereocenters. The summed E-state index contributed by atoms with van der Waals surface area (Å²) in [6, 6.07) is 10.1. The van der Waals surface area contributed by atoms with Crippen LogP contribution in [0.2, 0.25) is 0 Å². The lowest BCUT2D eigenvalue weighted by Crippen LogP contribution is -2.45. The van der Waals surface area contributed by atoms with Crippen molar-refractivity contribution in [3.63, 3.8) is 0 Å². The van der Waals surface area contributed by atoms with Crippen LogP contribution >= 0.6 is 11.8 Å². The number of benzene rings is 1. The summed E-state index contributed by atoms with van der Waals surface area (Å²) in [4.78, 5) is 17.5. The molecule has 4 nitrogen and oxygen atoms in total. The van der Waals surface area contributed by atoms with Gasteiger partial charge in [0.1, 0.15) is 6.04 Å². The molecule has 1 amide bonds. The first-order valence-corrected chi connectivity index (χ1v) is 9.30. The number of carbonyl (C=O) groups excluding carboxylic acids is 1. The summed E-state index contributed by atoms with van der Waals surface area (Å²) in [7, 11) is 0. The SMILES string of the molecule is NCC1CCN(C(=O)C(c2ccccc2)N2CCSCC2)C1. The Morgan fingerprint density at radius 3 is 2.59 bits per heavy atom. The molecule has 1 aromatic carbocycles. The predicted octanol–water partition coefficient (Wildman–Crippen LogP) is 1.58. The lowest BCUT2D eigenvalue weighted by molar-refractivity contribution is -0.136. The third kappa shape index (κ3) is 3.47. The molecule has 0 spiro atoms. The molecular weight excluding hydrogens is 294 g/mol. The van der Waals surface area contributed by atoms with Gasteiger partial charge in [0, 0.05) is 37.7 Å². The summed E-state index contributed by atoms with van der Waals surface area (Å²) in [5.41, 5.74) is 6.90. The standard InChI is InChI=1S/C17H25N3OS/c18-12-14-6-7-20(13-14)17(21)16(15-4-2-1-3-5-15)19-8-10-22-11-9-19/h1-5,14,16H,6-13,18H2. The maximum absolute atomic E-state index is 13.1. The molecule has 2 aliphatic rings. The molecule has 0 saturated carbocycles. The van der Waals surface area contributed by atoms with Gasteiger partial charge >= 0.3 is 0 Å². The minimum absolute atomic E-state index is 0.126. The molecule has 0 bridgehead atoms. The van der Waals surface area contributed by atoms with Gasteiger partial charge < -0.3 is 10.6 Å². The second kappa shape index (κ2) is 7.49. The van der Waals surface area contributed by atoms with Crippen LogP contribution < -0.4 is 5.73 Å². The molecule has 5 heteroatoms. The van der Waals surface area contributed by atoms with Crippen LogP contribution in [0.4, 0.5) is 0 Å². The average molecular weight is 319 g/mol. The van der Waals surface area contributed by atoms with Crippen LogP contribution in [0.1, 0.15) is 18.0 Å². The van der Waals surface area contributed by atoms with Crippen molar-refractivity contribution >= 4 is 17.7 Å². The first kappa shape index (κ1) is 15.8. The summed E-state index contributed by atoms with van der Waals surface area (Å²) in [6.07, 6.45) is 1.04. The molecule has 0 aliphatic carbocycles. The van der Waals surface area contributed by atoms with Gasteiger partial charge in [-0.1, -0.05) is 30.3 Å². The molecule has 2 heterocycles. The van der Waals surface area contributed by atoms with E-state index in [0.717, 1.165) is 49.7 Å². The number of thioether (sulfide) groups is 1. The molecule has 2 aliphatic heterocycles. The smallest absolute Gasteiger partial charge is 0.244 e. The molecular formula is C17H25N3OS. The van der Waals surface area contributed by atoms with Gasteiger partial charge in [-0.25, -0.2) is 0 Å². The van der Waals surface area contributed by atoms with E-state index in [-0.39, 0.29) is 11.9 Å². The molecule has 2 unspecified atom stereocenters. The molecule has 3 rings (SSSR count). The van der Waals surface area contributed by atoms with Crippen molar-refractivity contribution in [3.05, 3.63) is 35.9 Å². The Morgan fingerprint density at radius 1 is 1.23 bits per heavy atom. The van der Waals surface area contributed by atoms with Crippen LogP contribution in [-0.4, -0.2) is 59.9 Å². The highest BCUT2D eigenvalue weighted by Gasteiger charge is 2.35. The monoisotopic (exact) mass is 319 g/mol. The maximum atomic E-state index is 13.1. The minimum Gasteiger partial charge on any atom is -0.341 e. The molecule has 2 saturated heterocycles. The van der Waals surface area contributed by atoms with Gasteiger partial charge in [0.05, 0.1) is 0 Å².